The molecule has 0 saturated carbocycles. The van der Waals surface area contributed by atoms with Crippen LogP contribution in [0.3, 0.4) is 0 Å². The lowest BCUT2D eigenvalue weighted by Crippen LogP contribution is -1.91. The van der Waals surface area contributed by atoms with Crippen LogP contribution in [0.2, 0.25) is 0 Å². The van der Waals surface area contributed by atoms with Gasteiger partial charge in [0.15, 0.2) is 5.16 Å². The van der Waals surface area contributed by atoms with Crippen molar-refractivity contribution in [3.05, 3.63) is 6.33 Å². The Morgan fingerprint density at radius 1 is 1.89 bits per heavy atom. The summed E-state index contributed by atoms with van der Waals surface area (Å²) in [4.78, 5) is 3.94. The SMILES string of the molecule is Cn1ncnc1SCCl. The Hall–Kier alpha value is -0.220. The van der Waals surface area contributed by atoms with Crippen molar-refractivity contribution in [3.63, 3.8) is 0 Å². The molecule has 5 heteroatoms. The Morgan fingerprint density at radius 3 is 3.11 bits per heavy atom. The highest BCUT2D eigenvalue weighted by atomic mass is 35.5. The summed E-state index contributed by atoms with van der Waals surface area (Å²) < 4.78 is 1.69. The van der Waals surface area contributed by atoms with Crippen LogP contribution in [0.15, 0.2) is 11.5 Å². The summed E-state index contributed by atoms with van der Waals surface area (Å²) in [5.41, 5.74) is 0. The molecule has 0 aliphatic rings. The van der Waals surface area contributed by atoms with E-state index in [0.717, 1.165) is 5.16 Å². The lowest BCUT2D eigenvalue weighted by molar-refractivity contribution is 0.686. The molecule has 0 N–H and O–H groups in total. The molecule has 0 amide bonds. The summed E-state index contributed by atoms with van der Waals surface area (Å²) in [7, 11) is 1.84. The fourth-order valence-electron chi connectivity index (χ4n) is 0.465. The molecule has 0 saturated heterocycles. The zero-order valence-electron chi connectivity index (χ0n) is 4.91. The molecule has 1 aromatic rings. The number of aryl methyl sites for hydroxylation is 1. The van der Waals surface area contributed by atoms with Crippen LogP contribution in [0.4, 0.5) is 0 Å². The smallest absolute Gasteiger partial charge is 0.186 e. The van der Waals surface area contributed by atoms with Crippen LogP contribution >= 0.6 is 23.4 Å². The minimum Gasteiger partial charge on any atom is -0.244 e. The van der Waals surface area contributed by atoms with E-state index in [1.807, 2.05) is 7.05 Å². The van der Waals surface area contributed by atoms with Gasteiger partial charge in [0, 0.05) is 7.05 Å². The van der Waals surface area contributed by atoms with Crippen molar-refractivity contribution in [1.82, 2.24) is 14.8 Å². The summed E-state index contributed by atoms with van der Waals surface area (Å²) in [5, 5.41) is 5.23. The lowest BCUT2D eigenvalue weighted by atomic mass is 11.2. The molecule has 1 aromatic heterocycles. The predicted octanol–water partition coefficient (Wildman–Crippen LogP) is 1.10. The average molecular weight is 164 g/mol. The first-order chi connectivity index (χ1) is 4.34. The number of thioether (sulfide) groups is 1. The molecule has 0 aromatic carbocycles. The molecule has 0 radical (unpaired) electrons. The van der Waals surface area contributed by atoms with Gasteiger partial charge in [-0.3, -0.25) is 0 Å². The van der Waals surface area contributed by atoms with Crippen LogP contribution in [-0.4, -0.2) is 20.0 Å². The molecule has 0 atom stereocenters. The van der Waals surface area contributed by atoms with E-state index in [1.165, 1.54) is 18.1 Å². The van der Waals surface area contributed by atoms with Crippen molar-refractivity contribution in [2.24, 2.45) is 7.05 Å². The van der Waals surface area contributed by atoms with Crippen LogP contribution in [0.25, 0.3) is 0 Å². The quantitative estimate of drug-likeness (QED) is 0.483. The molecule has 1 heterocycles. The number of nitrogens with zero attached hydrogens (tertiary/aromatic N) is 3. The maximum Gasteiger partial charge on any atom is 0.186 e. The maximum atomic E-state index is 5.45. The summed E-state index contributed by atoms with van der Waals surface area (Å²) in [5.74, 6) is 0. The predicted molar refractivity (Wildman–Crippen MR) is 37.6 cm³/mol. The lowest BCUT2D eigenvalue weighted by Gasteiger charge is -1.92. The summed E-state index contributed by atoms with van der Waals surface area (Å²) >= 11 is 6.91. The highest BCUT2D eigenvalue weighted by molar-refractivity contribution is 8.00. The van der Waals surface area contributed by atoms with E-state index >= 15 is 0 Å². The van der Waals surface area contributed by atoms with E-state index in [0.29, 0.717) is 5.21 Å². The van der Waals surface area contributed by atoms with Crippen molar-refractivity contribution in [2.75, 3.05) is 5.21 Å². The molecule has 0 fully saturated rings. The fraction of sp³-hybridized carbons (Fsp3) is 0.500. The van der Waals surface area contributed by atoms with Crippen molar-refractivity contribution < 1.29 is 0 Å². The average Bonchev–Trinajstić information content (AvgIpc) is 2.18. The Balaban J connectivity index is 2.69. The zero-order valence-corrected chi connectivity index (χ0v) is 6.48. The van der Waals surface area contributed by atoms with Gasteiger partial charge >= 0.3 is 0 Å². The fourth-order valence-corrected chi connectivity index (χ4v) is 1.21. The molecule has 0 unspecified atom stereocenters. The van der Waals surface area contributed by atoms with Crippen LogP contribution in [0.1, 0.15) is 0 Å². The normalized spacial score (nSPS) is 10.0. The van der Waals surface area contributed by atoms with Gasteiger partial charge in [-0.05, 0) is 0 Å². The van der Waals surface area contributed by atoms with E-state index in [1.54, 1.807) is 4.68 Å². The van der Waals surface area contributed by atoms with Gasteiger partial charge in [0.05, 0.1) is 5.21 Å². The first kappa shape index (κ1) is 6.89. The highest BCUT2D eigenvalue weighted by Crippen LogP contribution is 2.13. The molecular formula is C4H6ClN3S. The Kier molecular flexibility index (Phi) is 2.36. The van der Waals surface area contributed by atoms with Crippen molar-refractivity contribution in [3.8, 4) is 0 Å². The van der Waals surface area contributed by atoms with Gasteiger partial charge in [0.25, 0.3) is 0 Å². The Labute approximate surface area is 62.4 Å². The molecular weight excluding hydrogens is 158 g/mol. The first-order valence-corrected chi connectivity index (χ1v) is 3.89. The number of rotatable bonds is 2. The molecule has 9 heavy (non-hydrogen) atoms. The first-order valence-electron chi connectivity index (χ1n) is 2.37. The van der Waals surface area contributed by atoms with E-state index in [2.05, 4.69) is 10.1 Å². The molecule has 3 nitrogen and oxygen atoms in total. The molecule has 0 spiro atoms. The monoisotopic (exact) mass is 163 g/mol. The number of hydrogen-bond acceptors (Lipinski definition) is 3. The van der Waals surface area contributed by atoms with Gasteiger partial charge < -0.3 is 0 Å². The van der Waals surface area contributed by atoms with Crippen LogP contribution in [0, 0.1) is 0 Å². The van der Waals surface area contributed by atoms with Gasteiger partial charge in [-0.25, -0.2) is 9.67 Å². The summed E-state index contributed by atoms with van der Waals surface area (Å²) in [6.45, 7) is 0. The second-order valence-electron chi connectivity index (χ2n) is 1.42. The van der Waals surface area contributed by atoms with Crippen LogP contribution in [-0.2, 0) is 7.05 Å². The molecule has 0 aliphatic carbocycles. The van der Waals surface area contributed by atoms with Crippen molar-refractivity contribution in [1.29, 1.82) is 0 Å². The number of hydrogen-bond donors (Lipinski definition) is 0. The largest absolute Gasteiger partial charge is 0.244 e. The van der Waals surface area contributed by atoms with Gasteiger partial charge in [-0.15, -0.1) is 11.6 Å². The minimum atomic E-state index is 0.520. The number of alkyl halides is 1. The molecule has 1 rings (SSSR count). The third-order valence-corrected chi connectivity index (χ3v) is 1.92. The second-order valence-corrected chi connectivity index (χ2v) is 2.95. The van der Waals surface area contributed by atoms with Gasteiger partial charge in [-0.1, -0.05) is 11.8 Å². The summed E-state index contributed by atoms with van der Waals surface area (Å²) in [6, 6.07) is 0. The molecule has 0 bridgehead atoms. The van der Waals surface area contributed by atoms with Crippen molar-refractivity contribution in [2.45, 2.75) is 5.16 Å². The van der Waals surface area contributed by atoms with E-state index < -0.39 is 0 Å². The molecule has 50 valence electrons. The van der Waals surface area contributed by atoms with Gasteiger partial charge in [0.2, 0.25) is 0 Å². The van der Waals surface area contributed by atoms with Crippen LogP contribution < -0.4 is 0 Å². The molecule has 0 aliphatic heterocycles. The second kappa shape index (κ2) is 3.08. The van der Waals surface area contributed by atoms with Crippen molar-refractivity contribution >= 4 is 23.4 Å². The highest BCUT2D eigenvalue weighted by Gasteiger charge is 1.96. The number of aromatic nitrogens is 3. The summed E-state index contributed by atoms with van der Waals surface area (Å²) in [6.07, 6.45) is 1.51. The Bertz CT molecular complexity index is 188. The van der Waals surface area contributed by atoms with E-state index in [-0.39, 0.29) is 0 Å². The van der Waals surface area contributed by atoms with E-state index in [9.17, 15) is 0 Å². The standard InChI is InChI=1S/C4H6ClN3S/c1-8-4(9-2-5)6-3-7-8/h3H,2H2,1H3. The maximum absolute atomic E-state index is 5.45. The zero-order chi connectivity index (χ0) is 6.69. The number of halogens is 1. The Morgan fingerprint density at radius 2 is 2.67 bits per heavy atom. The van der Waals surface area contributed by atoms with E-state index in [4.69, 9.17) is 11.6 Å². The topological polar surface area (TPSA) is 30.7 Å². The van der Waals surface area contributed by atoms with Crippen LogP contribution in [0.5, 0.6) is 0 Å². The van der Waals surface area contributed by atoms with Gasteiger partial charge in [0.1, 0.15) is 6.33 Å². The third kappa shape index (κ3) is 1.59. The van der Waals surface area contributed by atoms with Gasteiger partial charge in [-0.2, -0.15) is 5.10 Å². The minimum absolute atomic E-state index is 0.520. The third-order valence-electron chi connectivity index (χ3n) is 0.854.